The number of nitrogens with one attached hydrogen (secondary N) is 1. The second kappa shape index (κ2) is 7.40. The summed E-state index contributed by atoms with van der Waals surface area (Å²) in [5, 5.41) is 5.86. The van der Waals surface area contributed by atoms with Crippen LogP contribution in [0.25, 0.3) is 10.9 Å². The molecule has 0 aliphatic rings. The first-order chi connectivity index (χ1) is 11.9. The van der Waals surface area contributed by atoms with Gasteiger partial charge >= 0.3 is 0 Å². The summed E-state index contributed by atoms with van der Waals surface area (Å²) in [5.74, 6) is -0.407. The van der Waals surface area contributed by atoms with E-state index in [-0.39, 0.29) is 0 Å². The van der Waals surface area contributed by atoms with Gasteiger partial charge in [0.05, 0.1) is 21.8 Å². The van der Waals surface area contributed by atoms with E-state index in [0.29, 0.717) is 26.3 Å². The summed E-state index contributed by atoms with van der Waals surface area (Å²) in [4.78, 5) is 16.4. The standard InChI is InChI=1S/C18H12Cl3N3O/c1-10-2-3-11-7-13(17(21)23-16(11)6-10)9-22-24-18(25)12-4-5-14(19)15(20)8-12/h2-9H,1H3,(H,24,25)/b22-9-. The SMILES string of the molecule is Cc1ccc2cc(/C=N\NC(=O)c3ccc(Cl)c(Cl)c3)c(Cl)nc2c1. The normalized spacial score (nSPS) is 11.2. The first kappa shape index (κ1) is 17.7. The predicted octanol–water partition coefficient (Wildman–Crippen LogP) is 5.27. The predicted molar refractivity (Wildman–Crippen MR) is 103 cm³/mol. The highest BCUT2D eigenvalue weighted by Gasteiger charge is 2.07. The number of nitrogens with zero attached hydrogens (tertiary/aromatic N) is 2. The number of hydrogen-bond acceptors (Lipinski definition) is 3. The maximum Gasteiger partial charge on any atom is 0.271 e. The quantitative estimate of drug-likeness (QED) is 0.375. The molecule has 0 saturated heterocycles. The van der Waals surface area contributed by atoms with E-state index < -0.39 is 5.91 Å². The maximum absolute atomic E-state index is 12.1. The van der Waals surface area contributed by atoms with Crippen LogP contribution in [0.2, 0.25) is 15.2 Å². The molecule has 1 N–H and O–H groups in total. The van der Waals surface area contributed by atoms with Gasteiger partial charge in [-0.15, -0.1) is 0 Å². The number of carbonyl (C=O) groups is 1. The summed E-state index contributed by atoms with van der Waals surface area (Å²) >= 11 is 17.9. The molecule has 0 aliphatic heterocycles. The molecule has 1 heterocycles. The first-order valence-corrected chi connectivity index (χ1v) is 8.43. The Morgan fingerprint density at radius 1 is 1.08 bits per heavy atom. The van der Waals surface area contributed by atoms with Crippen molar-refractivity contribution in [3.05, 3.63) is 74.4 Å². The molecule has 0 aliphatic carbocycles. The Labute approximate surface area is 159 Å². The van der Waals surface area contributed by atoms with E-state index in [4.69, 9.17) is 34.8 Å². The molecular formula is C18H12Cl3N3O. The molecule has 126 valence electrons. The van der Waals surface area contributed by atoms with E-state index in [2.05, 4.69) is 15.5 Å². The van der Waals surface area contributed by atoms with Crippen LogP contribution in [0.5, 0.6) is 0 Å². The van der Waals surface area contributed by atoms with Crippen molar-refractivity contribution in [3.63, 3.8) is 0 Å². The van der Waals surface area contributed by atoms with E-state index >= 15 is 0 Å². The van der Waals surface area contributed by atoms with E-state index in [1.807, 2.05) is 31.2 Å². The second-order valence-corrected chi connectivity index (χ2v) is 6.56. The Balaban J connectivity index is 1.78. The summed E-state index contributed by atoms with van der Waals surface area (Å²) in [6.45, 7) is 1.99. The number of rotatable bonds is 3. The monoisotopic (exact) mass is 391 g/mol. The highest BCUT2D eigenvalue weighted by Crippen LogP contribution is 2.23. The molecular weight excluding hydrogens is 381 g/mol. The smallest absolute Gasteiger partial charge is 0.267 e. The van der Waals surface area contributed by atoms with Gasteiger partial charge in [0, 0.05) is 16.5 Å². The lowest BCUT2D eigenvalue weighted by molar-refractivity contribution is 0.0955. The van der Waals surface area contributed by atoms with Gasteiger partial charge in [-0.25, -0.2) is 10.4 Å². The molecule has 1 aromatic heterocycles. The molecule has 0 unspecified atom stereocenters. The van der Waals surface area contributed by atoms with Crippen molar-refractivity contribution in [2.75, 3.05) is 0 Å². The van der Waals surface area contributed by atoms with Crippen LogP contribution >= 0.6 is 34.8 Å². The van der Waals surface area contributed by atoms with Gasteiger partial charge in [-0.2, -0.15) is 5.10 Å². The Morgan fingerprint density at radius 3 is 2.64 bits per heavy atom. The van der Waals surface area contributed by atoms with Crippen molar-refractivity contribution in [1.29, 1.82) is 0 Å². The van der Waals surface area contributed by atoms with Crippen LogP contribution in [-0.4, -0.2) is 17.1 Å². The molecule has 0 radical (unpaired) electrons. The Morgan fingerprint density at radius 2 is 1.88 bits per heavy atom. The lowest BCUT2D eigenvalue weighted by Crippen LogP contribution is -2.17. The molecule has 3 rings (SSSR count). The largest absolute Gasteiger partial charge is 0.271 e. The van der Waals surface area contributed by atoms with Gasteiger partial charge < -0.3 is 0 Å². The number of pyridine rings is 1. The summed E-state index contributed by atoms with van der Waals surface area (Å²) in [6, 6.07) is 12.3. The number of halogens is 3. The fourth-order valence-electron chi connectivity index (χ4n) is 2.22. The van der Waals surface area contributed by atoms with E-state index in [1.165, 1.54) is 12.3 Å². The number of fused-ring (bicyclic) bond motifs is 1. The van der Waals surface area contributed by atoms with Gasteiger partial charge in [-0.05, 0) is 42.8 Å². The number of aromatic nitrogens is 1. The van der Waals surface area contributed by atoms with Crippen LogP contribution in [-0.2, 0) is 0 Å². The van der Waals surface area contributed by atoms with Crippen molar-refractivity contribution in [3.8, 4) is 0 Å². The molecule has 0 saturated carbocycles. The number of hydrogen-bond donors (Lipinski definition) is 1. The van der Waals surface area contributed by atoms with Crippen molar-refractivity contribution in [2.45, 2.75) is 6.92 Å². The molecule has 2 aromatic carbocycles. The lowest BCUT2D eigenvalue weighted by Gasteiger charge is -2.04. The Bertz CT molecular complexity index is 1000. The third-order valence-corrected chi connectivity index (χ3v) is 4.55. The van der Waals surface area contributed by atoms with Crippen LogP contribution in [0.3, 0.4) is 0 Å². The van der Waals surface area contributed by atoms with E-state index in [1.54, 1.807) is 12.1 Å². The molecule has 25 heavy (non-hydrogen) atoms. The lowest BCUT2D eigenvalue weighted by atomic mass is 10.1. The highest BCUT2D eigenvalue weighted by molar-refractivity contribution is 6.42. The molecule has 0 spiro atoms. The van der Waals surface area contributed by atoms with Crippen molar-refractivity contribution < 1.29 is 4.79 Å². The minimum Gasteiger partial charge on any atom is -0.267 e. The van der Waals surface area contributed by atoms with Gasteiger partial charge in [0.1, 0.15) is 5.15 Å². The van der Waals surface area contributed by atoms with Gasteiger partial charge in [-0.1, -0.05) is 46.9 Å². The molecule has 0 atom stereocenters. The van der Waals surface area contributed by atoms with E-state index in [9.17, 15) is 4.79 Å². The summed E-state index contributed by atoms with van der Waals surface area (Å²) < 4.78 is 0. The number of benzene rings is 2. The molecule has 0 fully saturated rings. The summed E-state index contributed by atoms with van der Waals surface area (Å²) in [6.07, 6.45) is 1.45. The highest BCUT2D eigenvalue weighted by atomic mass is 35.5. The van der Waals surface area contributed by atoms with Crippen molar-refractivity contribution in [2.24, 2.45) is 5.10 Å². The molecule has 3 aromatic rings. The van der Waals surface area contributed by atoms with Crippen molar-refractivity contribution in [1.82, 2.24) is 10.4 Å². The third kappa shape index (κ3) is 4.10. The number of aryl methyl sites for hydroxylation is 1. The Kier molecular flexibility index (Phi) is 5.23. The zero-order valence-corrected chi connectivity index (χ0v) is 15.3. The fourth-order valence-corrected chi connectivity index (χ4v) is 2.72. The minimum atomic E-state index is -0.407. The van der Waals surface area contributed by atoms with Gasteiger partial charge in [0.15, 0.2) is 0 Å². The molecule has 1 amide bonds. The minimum absolute atomic E-state index is 0.301. The average Bonchev–Trinajstić information content (AvgIpc) is 2.57. The number of hydrazone groups is 1. The maximum atomic E-state index is 12.1. The van der Waals surface area contributed by atoms with Crippen LogP contribution in [0.1, 0.15) is 21.5 Å². The topological polar surface area (TPSA) is 54.4 Å². The van der Waals surface area contributed by atoms with E-state index in [0.717, 1.165) is 16.5 Å². The third-order valence-electron chi connectivity index (χ3n) is 3.51. The molecule has 7 heteroatoms. The second-order valence-electron chi connectivity index (χ2n) is 5.39. The van der Waals surface area contributed by atoms with Gasteiger partial charge in [-0.3, -0.25) is 4.79 Å². The van der Waals surface area contributed by atoms with Crippen LogP contribution in [0, 0.1) is 6.92 Å². The number of carbonyl (C=O) groups excluding carboxylic acids is 1. The number of amides is 1. The van der Waals surface area contributed by atoms with Crippen LogP contribution < -0.4 is 5.43 Å². The van der Waals surface area contributed by atoms with Crippen LogP contribution in [0.4, 0.5) is 0 Å². The van der Waals surface area contributed by atoms with Gasteiger partial charge in [0.25, 0.3) is 5.91 Å². The van der Waals surface area contributed by atoms with Gasteiger partial charge in [0.2, 0.25) is 0 Å². The van der Waals surface area contributed by atoms with Crippen molar-refractivity contribution >= 4 is 57.8 Å². The molecule has 0 bridgehead atoms. The Hall–Kier alpha value is -2.14. The zero-order chi connectivity index (χ0) is 18.0. The zero-order valence-electron chi connectivity index (χ0n) is 13.1. The summed E-state index contributed by atoms with van der Waals surface area (Å²) in [7, 11) is 0. The fraction of sp³-hybridized carbons (Fsp3) is 0.0556. The first-order valence-electron chi connectivity index (χ1n) is 7.29. The average molecular weight is 393 g/mol. The summed E-state index contributed by atoms with van der Waals surface area (Å²) in [5.41, 5.74) is 5.29. The van der Waals surface area contributed by atoms with Crippen LogP contribution in [0.15, 0.2) is 47.6 Å². The molecule has 4 nitrogen and oxygen atoms in total.